The lowest BCUT2D eigenvalue weighted by molar-refractivity contribution is -0.161. The van der Waals surface area contributed by atoms with Gasteiger partial charge in [0, 0.05) is 25.7 Å². The molecule has 3 N–H and O–H groups in total. The highest BCUT2D eigenvalue weighted by Crippen LogP contribution is 2.45. The van der Waals surface area contributed by atoms with Crippen LogP contribution in [0.4, 0.5) is 0 Å². The van der Waals surface area contributed by atoms with Gasteiger partial charge in [0.25, 0.3) is 0 Å². The van der Waals surface area contributed by atoms with E-state index < -0.39 is 97.5 Å². The quantitative estimate of drug-likeness (QED) is 0.0222. The number of hydrogen-bond acceptors (Lipinski definition) is 15. The fraction of sp³-hybridized carbons (Fsp3) is 0.954. The van der Waals surface area contributed by atoms with E-state index in [-0.39, 0.29) is 25.7 Å². The lowest BCUT2D eigenvalue weighted by Crippen LogP contribution is -2.30. The number of phosphoric acid groups is 2. The van der Waals surface area contributed by atoms with Crippen LogP contribution in [0.2, 0.25) is 0 Å². The highest BCUT2D eigenvalue weighted by molar-refractivity contribution is 7.47. The molecule has 0 aliphatic rings. The van der Waals surface area contributed by atoms with Crippen molar-refractivity contribution in [2.75, 3.05) is 39.6 Å². The molecule has 0 aromatic carbocycles. The van der Waals surface area contributed by atoms with E-state index in [1.807, 2.05) is 0 Å². The summed E-state index contributed by atoms with van der Waals surface area (Å²) in [5.74, 6) is 1.12. The van der Waals surface area contributed by atoms with Gasteiger partial charge in [-0.15, -0.1) is 0 Å². The van der Waals surface area contributed by atoms with E-state index in [1.165, 1.54) is 257 Å². The lowest BCUT2D eigenvalue weighted by Gasteiger charge is -2.21. The van der Waals surface area contributed by atoms with Crippen molar-refractivity contribution < 1.29 is 80.2 Å². The third kappa shape index (κ3) is 77.4. The zero-order valence-electron chi connectivity index (χ0n) is 70.1. The normalized spacial score (nSPS) is 14.4. The second kappa shape index (κ2) is 75.7. The predicted octanol–water partition coefficient (Wildman–Crippen LogP) is 26.3. The van der Waals surface area contributed by atoms with Gasteiger partial charge in [0.15, 0.2) is 12.2 Å². The van der Waals surface area contributed by atoms with Gasteiger partial charge < -0.3 is 33.8 Å². The monoisotopic (exact) mass is 1550 g/mol. The molecule has 106 heavy (non-hydrogen) atoms. The Hall–Kier alpha value is -1.94. The summed E-state index contributed by atoms with van der Waals surface area (Å²) in [5, 5.41) is 10.7. The lowest BCUT2D eigenvalue weighted by atomic mass is 9.99. The van der Waals surface area contributed by atoms with Gasteiger partial charge in [0.1, 0.15) is 19.3 Å². The number of aliphatic hydroxyl groups is 1. The first kappa shape index (κ1) is 104. The molecule has 0 radical (unpaired) electrons. The Bertz CT molecular complexity index is 2060. The van der Waals surface area contributed by atoms with Gasteiger partial charge >= 0.3 is 39.5 Å². The summed E-state index contributed by atoms with van der Waals surface area (Å²) >= 11 is 0. The molecule has 0 saturated carbocycles. The van der Waals surface area contributed by atoms with Gasteiger partial charge in [-0.3, -0.25) is 37.3 Å². The fourth-order valence-corrected chi connectivity index (χ4v) is 15.0. The van der Waals surface area contributed by atoms with Crippen molar-refractivity contribution >= 4 is 39.5 Å². The number of unbranched alkanes of at least 4 members (excludes halogenated alkanes) is 48. The average Bonchev–Trinajstić information content (AvgIpc) is 0.903. The Morgan fingerprint density at radius 1 is 0.264 bits per heavy atom. The Morgan fingerprint density at radius 2 is 0.453 bits per heavy atom. The van der Waals surface area contributed by atoms with Gasteiger partial charge in [0.2, 0.25) is 0 Å². The van der Waals surface area contributed by atoms with Crippen LogP contribution in [0.25, 0.3) is 0 Å². The maximum Gasteiger partial charge on any atom is 0.472 e. The predicted molar refractivity (Wildman–Crippen MR) is 437 cm³/mol. The average molecular weight is 1550 g/mol. The van der Waals surface area contributed by atoms with Gasteiger partial charge in [-0.05, 0) is 49.4 Å². The SMILES string of the molecule is CCC(C)CCCCCCCCCCCCCCCCCCCCC(=O)O[C@H](COC(=O)CCCCCCCCCCCCCCCCC(C)CC)COP(=O)(O)OC[C@@H](O)COP(=O)(O)OC[C@@H](COC(=O)CCCCCCCCCCCC(C)C)OC(=O)CCCCCCCCCCCCCC(C)C. The van der Waals surface area contributed by atoms with E-state index in [9.17, 15) is 43.2 Å². The minimum Gasteiger partial charge on any atom is -0.462 e. The molecule has 0 spiro atoms. The van der Waals surface area contributed by atoms with Crippen molar-refractivity contribution in [3.8, 4) is 0 Å². The maximum absolute atomic E-state index is 13.2. The summed E-state index contributed by atoms with van der Waals surface area (Å²) < 4.78 is 68.9. The molecule has 19 heteroatoms. The minimum absolute atomic E-state index is 0.106. The number of phosphoric ester groups is 2. The molecule has 0 rings (SSSR count). The molecule has 0 aliphatic heterocycles. The number of rotatable bonds is 84. The second-order valence-electron chi connectivity index (χ2n) is 32.7. The van der Waals surface area contributed by atoms with Crippen molar-refractivity contribution in [2.24, 2.45) is 23.7 Å². The van der Waals surface area contributed by atoms with Crippen LogP contribution >= 0.6 is 15.6 Å². The summed E-state index contributed by atoms with van der Waals surface area (Å²) in [6, 6.07) is 0. The zero-order chi connectivity index (χ0) is 78.1. The summed E-state index contributed by atoms with van der Waals surface area (Å²) in [7, 11) is -9.93. The third-order valence-electron chi connectivity index (χ3n) is 21.0. The van der Waals surface area contributed by atoms with E-state index in [1.54, 1.807) is 0 Å². The number of ether oxygens (including phenoxy) is 4. The van der Waals surface area contributed by atoms with Crippen LogP contribution in [-0.2, 0) is 65.4 Å². The number of esters is 4. The Balaban J connectivity index is 5.25. The Labute approximate surface area is 651 Å². The van der Waals surface area contributed by atoms with E-state index in [0.29, 0.717) is 25.7 Å². The van der Waals surface area contributed by atoms with Gasteiger partial charge in [-0.1, -0.05) is 402 Å². The number of hydrogen-bond donors (Lipinski definition) is 3. The topological polar surface area (TPSA) is 237 Å². The van der Waals surface area contributed by atoms with Crippen LogP contribution in [0.15, 0.2) is 0 Å². The summed E-state index contributed by atoms with van der Waals surface area (Å²) in [4.78, 5) is 73.3. The summed E-state index contributed by atoms with van der Waals surface area (Å²) in [5.41, 5.74) is 0. The van der Waals surface area contributed by atoms with Crippen molar-refractivity contribution in [1.29, 1.82) is 0 Å². The highest BCUT2D eigenvalue weighted by Gasteiger charge is 2.31. The largest absolute Gasteiger partial charge is 0.472 e. The standard InChI is InChI=1S/C87H170O17P2/c1-9-79(7)65-57-49-41-33-25-19-15-13-11-12-14-16-22-28-36-45-53-61-69-86(91)103-82(73-97-84(89)67-59-51-43-35-27-21-18-17-20-26-34-42-50-58-66-80(8)10-2)75-101-105(93,94)99-71-81(88)72-100-106(95,96)102-76-83(74-98-85(90)68-60-52-44-38-30-32-40-48-56-64-78(5)6)104-87(92)70-62-54-46-37-29-23-24-31-39-47-55-63-77(3)4/h77-83,88H,9-76H2,1-8H3,(H,93,94)(H,95,96)/t79?,80?,81-,82-,83-/m1/s1. The molecular formula is C87H170O17P2. The van der Waals surface area contributed by atoms with E-state index >= 15 is 0 Å². The molecule has 17 nitrogen and oxygen atoms in total. The van der Waals surface area contributed by atoms with Crippen LogP contribution in [-0.4, -0.2) is 96.7 Å². The molecule has 0 aromatic heterocycles. The molecule has 4 unspecified atom stereocenters. The molecule has 7 atom stereocenters. The molecule has 0 fully saturated rings. The third-order valence-corrected chi connectivity index (χ3v) is 22.9. The zero-order valence-corrected chi connectivity index (χ0v) is 71.9. The van der Waals surface area contributed by atoms with E-state index in [4.69, 9.17) is 37.0 Å². The van der Waals surface area contributed by atoms with E-state index in [0.717, 1.165) is 114 Å². The Kier molecular flexibility index (Phi) is 74.3. The van der Waals surface area contributed by atoms with Crippen molar-refractivity contribution in [3.05, 3.63) is 0 Å². The first-order chi connectivity index (χ1) is 51.2. The van der Waals surface area contributed by atoms with E-state index in [2.05, 4.69) is 55.4 Å². The minimum atomic E-state index is -4.97. The van der Waals surface area contributed by atoms with Crippen molar-refractivity contribution in [2.45, 2.75) is 472 Å². The molecule has 0 bridgehead atoms. The first-order valence-electron chi connectivity index (χ1n) is 44.8. The van der Waals surface area contributed by atoms with Gasteiger partial charge in [-0.2, -0.15) is 0 Å². The Morgan fingerprint density at radius 3 is 0.670 bits per heavy atom. The van der Waals surface area contributed by atoms with Crippen LogP contribution < -0.4 is 0 Å². The first-order valence-corrected chi connectivity index (χ1v) is 47.8. The molecule has 0 amide bonds. The fourth-order valence-electron chi connectivity index (χ4n) is 13.4. The molecular weight excluding hydrogens is 1380 g/mol. The summed E-state index contributed by atoms with van der Waals surface area (Å²) in [6.45, 7) is 14.4. The van der Waals surface area contributed by atoms with Crippen LogP contribution in [0.5, 0.6) is 0 Å². The number of aliphatic hydroxyl groups excluding tert-OH is 1. The molecule has 0 aliphatic carbocycles. The van der Waals surface area contributed by atoms with Crippen LogP contribution in [0, 0.1) is 23.7 Å². The number of carbonyl (C=O) groups is 4. The van der Waals surface area contributed by atoms with Crippen LogP contribution in [0.1, 0.15) is 453 Å². The molecule has 0 heterocycles. The van der Waals surface area contributed by atoms with Crippen molar-refractivity contribution in [3.63, 3.8) is 0 Å². The second-order valence-corrected chi connectivity index (χ2v) is 35.6. The van der Waals surface area contributed by atoms with Crippen LogP contribution in [0.3, 0.4) is 0 Å². The van der Waals surface area contributed by atoms with Gasteiger partial charge in [-0.25, -0.2) is 9.13 Å². The van der Waals surface area contributed by atoms with Crippen molar-refractivity contribution in [1.82, 2.24) is 0 Å². The molecule has 0 saturated heterocycles. The smallest absolute Gasteiger partial charge is 0.462 e. The number of carbonyl (C=O) groups excluding carboxylic acids is 4. The van der Waals surface area contributed by atoms with Gasteiger partial charge in [0.05, 0.1) is 26.4 Å². The summed E-state index contributed by atoms with van der Waals surface area (Å²) in [6.07, 6.45) is 65.2. The maximum atomic E-state index is 13.2. The highest BCUT2D eigenvalue weighted by atomic mass is 31.2. The molecule has 630 valence electrons. The molecule has 0 aromatic rings.